The van der Waals surface area contributed by atoms with Gasteiger partial charge in [0.2, 0.25) is 0 Å². The minimum atomic E-state index is 0.0560. The van der Waals surface area contributed by atoms with Crippen LogP contribution in [-0.2, 0) is 12.8 Å². The first-order chi connectivity index (χ1) is 9.65. The third kappa shape index (κ3) is 3.38. The maximum absolute atomic E-state index is 6.05. The first-order valence-corrected chi connectivity index (χ1v) is 7.83. The zero-order chi connectivity index (χ0) is 14.5. The highest BCUT2D eigenvalue weighted by Gasteiger charge is 2.15. The molecule has 1 aromatic heterocycles. The number of hydrogen-bond acceptors (Lipinski definition) is 4. The molecule has 0 fully saturated rings. The second kappa shape index (κ2) is 6.86. The van der Waals surface area contributed by atoms with E-state index in [1.54, 1.807) is 18.4 Å². The van der Waals surface area contributed by atoms with Gasteiger partial charge in [-0.1, -0.05) is 31.5 Å². The topological polar surface area (TPSA) is 48.1 Å². The van der Waals surface area contributed by atoms with Crippen LogP contribution >= 0.6 is 11.3 Å². The highest BCUT2D eigenvalue weighted by Crippen LogP contribution is 2.29. The summed E-state index contributed by atoms with van der Waals surface area (Å²) in [6.45, 7) is 4.20. The molecule has 1 heterocycles. The largest absolute Gasteiger partial charge is 0.496 e. The molecule has 1 unspecified atom stereocenters. The van der Waals surface area contributed by atoms with E-state index in [2.05, 4.69) is 13.0 Å². The molecule has 0 saturated carbocycles. The summed E-state index contributed by atoms with van der Waals surface area (Å²) in [5.41, 5.74) is 8.39. The van der Waals surface area contributed by atoms with Gasteiger partial charge in [0, 0.05) is 22.9 Å². The lowest BCUT2D eigenvalue weighted by Crippen LogP contribution is -2.05. The molecule has 2 aromatic rings. The molecule has 1 aromatic carbocycles. The van der Waals surface area contributed by atoms with Crippen LogP contribution in [0.3, 0.4) is 0 Å². The van der Waals surface area contributed by atoms with E-state index >= 15 is 0 Å². The summed E-state index contributed by atoms with van der Waals surface area (Å²) in [6, 6.07) is 8.15. The number of hydrogen-bond donors (Lipinski definition) is 1. The summed E-state index contributed by atoms with van der Waals surface area (Å²) in [5.74, 6) is 0.919. The molecule has 0 saturated heterocycles. The lowest BCUT2D eigenvalue weighted by molar-refractivity contribution is 0.410. The van der Waals surface area contributed by atoms with Crippen molar-refractivity contribution < 1.29 is 4.74 Å². The van der Waals surface area contributed by atoms with E-state index in [-0.39, 0.29) is 6.04 Å². The molecule has 2 N–H and O–H groups in total. The second-order valence-corrected chi connectivity index (χ2v) is 6.06. The number of benzene rings is 1. The third-order valence-corrected chi connectivity index (χ3v) is 4.50. The summed E-state index contributed by atoms with van der Waals surface area (Å²) in [7, 11) is 1.70. The lowest BCUT2D eigenvalue weighted by atomic mass is 10.1. The van der Waals surface area contributed by atoms with Crippen LogP contribution in [0.15, 0.2) is 24.3 Å². The molecule has 0 amide bonds. The van der Waals surface area contributed by atoms with Gasteiger partial charge in [0.1, 0.15) is 5.75 Å². The van der Waals surface area contributed by atoms with E-state index < -0.39 is 0 Å². The van der Waals surface area contributed by atoms with Crippen molar-refractivity contribution in [2.24, 2.45) is 5.73 Å². The van der Waals surface area contributed by atoms with E-state index in [4.69, 9.17) is 15.5 Å². The number of methoxy groups -OCH3 is 1. The summed E-state index contributed by atoms with van der Waals surface area (Å²) >= 11 is 1.73. The van der Waals surface area contributed by atoms with Gasteiger partial charge in [0.25, 0.3) is 0 Å². The number of para-hydroxylation sites is 1. The summed E-state index contributed by atoms with van der Waals surface area (Å²) in [6.07, 6.45) is 2.90. The minimum Gasteiger partial charge on any atom is -0.496 e. The van der Waals surface area contributed by atoms with Crippen molar-refractivity contribution in [1.29, 1.82) is 0 Å². The van der Waals surface area contributed by atoms with E-state index in [0.29, 0.717) is 0 Å². The molecule has 0 aliphatic carbocycles. The maximum Gasteiger partial charge on any atom is 0.122 e. The first kappa shape index (κ1) is 15.0. The predicted octanol–water partition coefficient (Wildman–Crippen LogP) is 3.71. The Labute approximate surface area is 124 Å². The van der Waals surface area contributed by atoms with E-state index in [9.17, 15) is 0 Å². The minimum absolute atomic E-state index is 0.0560. The van der Waals surface area contributed by atoms with Crippen molar-refractivity contribution in [2.45, 2.75) is 39.2 Å². The van der Waals surface area contributed by atoms with Gasteiger partial charge in [-0.2, -0.15) is 0 Å². The number of ether oxygens (including phenoxy) is 1. The zero-order valence-corrected chi connectivity index (χ0v) is 13.2. The van der Waals surface area contributed by atoms with Crippen molar-refractivity contribution in [3.05, 3.63) is 45.4 Å². The van der Waals surface area contributed by atoms with Crippen molar-refractivity contribution in [1.82, 2.24) is 4.98 Å². The second-order valence-electron chi connectivity index (χ2n) is 4.95. The van der Waals surface area contributed by atoms with Crippen LogP contribution in [0.25, 0.3) is 0 Å². The number of rotatable bonds is 6. The average molecular weight is 290 g/mol. The molecule has 3 nitrogen and oxygen atoms in total. The van der Waals surface area contributed by atoms with Crippen LogP contribution in [0.5, 0.6) is 5.75 Å². The number of nitrogens with two attached hydrogens (primary N) is 1. The van der Waals surface area contributed by atoms with E-state index in [0.717, 1.165) is 35.7 Å². The highest BCUT2D eigenvalue weighted by atomic mass is 32.1. The van der Waals surface area contributed by atoms with Crippen LogP contribution in [-0.4, -0.2) is 12.1 Å². The molecule has 0 radical (unpaired) electrons. The Morgan fingerprint density at radius 2 is 2.10 bits per heavy atom. The number of aromatic nitrogens is 1. The summed E-state index contributed by atoms with van der Waals surface area (Å²) in [4.78, 5) is 5.99. The Bertz CT molecular complexity index is 563. The smallest absolute Gasteiger partial charge is 0.122 e. The molecule has 0 aliphatic heterocycles. The first-order valence-electron chi connectivity index (χ1n) is 7.01. The predicted molar refractivity (Wildman–Crippen MR) is 84.5 cm³/mol. The van der Waals surface area contributed by atoms with Crippen molar-refractivity contribution >= 4 is 11.3 Å². The Balaban J connectivity index is 2.27. The average Bonchev–Trinajstić information content (AvgIpc) is 2.83. The Morgan fingerprint density at radius 1 is 1.35 bits per heavy atom. The Morgan fingerprint density at radius 3 is 2.75 bits per heavy atom. The van der Waals surface area contributed by atoms with Gasteiger partial charge < -0.3 is 10.5 Å². The molecule has 1 atom stereocenters. The van der Waals surface area contributed by atoms with Crippen LogP contribution in [0.1, 0.15) is 47.5 Å². The fraction of sp³-hybridized carbons (Fsp3) is 0.438. The molecule has 0 spiro atoms. The van der Waals surface area contributed by atoms with Crippen LogP contribution in [0, 0.1) is 0 Å². The number of thiazole rings is 1. The lowest BCUT2D eigenvalue weighted by Gasteiger charge is -2.05. The molecular weight excluding hydrogens is 268 g/mol. The summed E-state index contributed by atoms with van der Waals surface area (Å²) in [5, 5.41) is 1.12. The molecule has 0 aliphatic rings. The van der Waals surface area contributed by atoms with Gasteiger partial charge in [0.05, 0.1) is 17.8 Å². The SMILES string of the molecule is CCCc1nc(Cc2ccccc2OC)sc1C(C)N. The van der Waals surface area contributed by atoms with Gasteiger partial charge >= 0.3 is 0 Å². The van der Waals surface area contributed by atoms with Gasteiger partial charge in [-0.05, 0) is 19.4 Å². The molecule has 20 heavy (non-hydrogen) atoms. The van der Waals surface area contributed by atoms with Crippen LogP contribution in [0.4, 0.5) is 0 Å². The zero-order valence-electron chi connectivity index (χ0n) is 12.3. The van der Waals surface area contributed by atoms with Gasteiger partial charge in [-0.25, -0.2) is 4.98 Å². The van der Waals surface area contributed by atoms with Crippen molar-refractivity contribution in [3.63, 3.8) is 0 Å². The fourth-order valence-electron chi connectivity index (χ4n) is 2.27. The Kier molecular flexibility index (Phi) is 5.15. The van der Waals surface area contributed by atoms with Gasteiger partial charge in [0.15, 0.2) is 0 Å². The number of nitrogens with zero attached hydrogens (tertiary/aromatic N) is 1. The van der Waals surface area contributed by atoms with Crippen LogP contribution in [0.2, 0.25) is 0 Å². The molecular formula is C16H22N2OS. The van der Waals surface area contributed by atoms with E-state index in [1.807, 2.05) is 25.1 Å². The van der Waals surface area contributed by atoms with Crippen LogP contribution < -0.4 is 10.5 Å². The highest BCUT2D eigenvalue weighted by molar-refractivity contribution is 7.11. The molecule has 108 valence electrons. The van der Waals surface area contributed by atoms with E-state index in [1.165, 1.54) is 10.4 Å². The molecule has 2 rings (SSSR count). The Hall–Kier alpha value is -1.39. The van der Waals surface area contributed by atoms with Crippen molar-refractivity contribution in [3.8, 4) is 5.75 Å². The fourth-order valence-corrected chi connectivity index (χ4v) is 3.36. The monoisotopic (exact) mass is 290 g/mol. The molecule has 0 bridgehead atoms. The molecule has 4 heteroatoms. The number of aryl methyl sites for hydroxylation is 1. The van der Waals surface area contributed by atoms with Crippen molar-refractivity contribution in [2.75, 3.05) is 7.11 Å². The maximum atomic E-state index is 6.05. The quantitative estimate of drug-likeness (QED) is 0.882. The normalized spacial score (nSPS) is 12.4. The third-order valence-electron chi connectivity index (χ3n) is 3.21. The van der Waals surface area contributed by atoms with Gasteiger partial charge in [-0.15, -0.1) is 11.3 Å². The standard InChI is InChI=1S/C16H22N2OS/c1-4-7-13-16(11(2)17)20-15(18-13)10-12-8-5-6-9-14(12)19-3/h5-6,8-9,11H,4,7,10,17H2,1-3H3. The summed E-state index contributed by atoms with van der Waals surface area (Å²) < 4.78 is 5.40. The van der Waals surface area contributed by atoms with Gasteiger partial charge in [-0.3, -0.25) is 0 Å².